The summed E-state index contributed by atoms with van der Waals surface area (Å²) in [7, 11) is 0. The molecule has 1 N–H and O–H groups in total. The Morgan fingerprint density at radius 1 is 1.45 bits per heavy atom. The number of carbonyl (C=O) groups is 1. The van der Waals surface area contributed by atoms with Crippen LogP contribution in [0.2, 0.25) is 0 Å². The Morgan fingerprint density at radius 3 is 3.00 bits per heavy atom. The second kappa shape index (κ2) is 8.15. The van der Waals surface area contributed by atoms with E-state index in [1.165, 1.54) is 0 Å². The third kappa shape index (κ3) is 3.99. The molecule has 1 aromatic rings. The Balaban J connectivity index is 2.05. The van der Waals surface area contributed by atoms with Gasteiger partial charge in [0.1, 0.15) is 6.04 Å². The number of aromatic nitrogens is 2. The van der Waals surface area contributed by atoms with Crippen LogP contribution in [0.25, 0.3) is 0 Å². The first-order valence-electron chi connectivity index (χ1n) is 8.55. The van der Waals surface area contributed by atoms with Gasteiger partial charge >= 0.3 is 6.03 Å². The van der Waals surface area contributed by atoms with E-state index in [-0.39, 0.29) is 18.0 Å². The standard InChI is InChI=1S/C16H28N4O2/c1-4-6-10-17-16(21)20-11-8-7-9-13(20)15-18-14(19-22-15)12(3)5-2/h12-13H,4-11H2,1-3H3,(H,17,21)/t12-,13+/m1/s1. The fraction of sp³-hybridized carbons (Fsp3) is 0.812. The maximum Gasteiger partial charge on any atom is 0.318 e. The molecular weight excluding hydrogens is 280 g/mol. The molecule has 2 atom stereocenters. The van der Waals surface area contributed by atoms with Crippen LogP contribution in [0.5, 0.6) is 0 Å². The molecule has 0 radical (unpaired) electrons. The number of nitrogens with zero attached hydrogens (tertiary/aromatic N) is 3. The Labute approximate surface area is 132 Å². The van der Waals surface area contributed by atoms with Gasteiger partial charge in [-0.2, -0.15) is 4.98 Å². The van der Waals surface area contributed by atoms with Crippen LogP contribution in [0, 0.1) is 0 Å². The predicted octanol–water partition coefficient (Wildman–Crippen LogP) is 3.62. The number of unbranched alkanes of at least 4 members (excludes halogenated alkanes) is 1. The summed E-state index contributed by atoms with van der Waals surface area (Å²) in [5.74, 6) is 1.61. The summed E-state index contributed by atoms with van der Waals surface area (Å²) >= 11 is 0. The predicted molar refractivity (Wildman–Crippen MR) is 84.6 cm³/mol. The quantitative estimate of drug-likeness (QED) is 0.815. The van der Waals surface area contributed by atoms with Crippen molar-refractivity contribution in [2.45, 2.75) is 71.3 Å². The monoisotopic (exact) mass is 308 g/mol. The fourth-order valence-corrected chi connectivity index (χ4v) is 2.67. The lowest BCUT2D eigenvalue weighted by Gasteiger charge is -2.33. The van der Waals surface area contributed by atoms with Crippen molar-refractivity contribution in [2.75, 3.05) is 13.1 Å². The Hall–Kier alpha value is -1.59. The molecular formula is C16H28N4O2. The van der Waals surface area contributed by atoms with Crippen LogP contribution in [0.15, 0.2) is 4.52 Å². The molecule has 0 bridgehead atoms. The van der Waals surface area contributed by atoms with Gasteiger partial charge in [-0.05, 0) is 32.1 Å². The smallest absolute Gasteiger partial charge is 0.318 e. The molecule has 0 aromatic carbocycles. The first kappa shape index (κ1) is 16.8. The van der Waals surface area contributed by atoms with Crippen molar-refractivity contribution >= 4 is 6.03 Å². The fourth-order valence-electron chi connectivity index (χ4n) is 2.67. The first-order chi connectivity index (χ1) is 10.7. The third-order valence-electron chi connectivity index (χ3n) is 4.37. The van der Waals surface area contributed by atoms with Crippen molar-refractivity contribution in [3.8, 4) is 0 Å². The van der Waals surface area contributed by atoms with Crippen molar-refractivity contribution in [1.29, 1.82) is 0 Å². The maximum absolute atomic E-state index is 12.4. The van der Waals surface area contributed by atoms with Gasteiger partial charge < -0.3 is 14.7 Å². The molecule has 1 saturated heterocycles. The van der Waals surface area contributed by atoms with Gasteiger partial charge in [-0.15, -0.1) is 0 Å². The second-order valence-electron chi connectivity index (χ2n) is 6.09. The molecule has 1 aliphatic rings. The summed E-state index contributed by atoms with van der Waals surface area (Å²) < 4.78 is 5.45. The van der Waals surface area contributed by atoms with E-state index >= 15 is 0 Å². The summed E-state index contributed by atoms with van der Waals surface area (Å²) in [6, 6.07) is -0.0953. The van der Waals surface area contributed by atoms with Crippen molar-refractivity contribution in [3.05, 3.63) is 11.7 Å². The lowest BCUT2D eigenvalue weighted by atomic mass is 10.0. The van der Waals surface area contributed by atoms with E-state index in [0.29, 0.717) is 5.89 Å². The van der Waals surface area contributed by atoms with E-state index in [1.807, 2.05) is 4.90 Å². The molecule has 2 amide bonds. The molecule has 1 aliphatic heterocycles. The van der Waals surface area contributed by atoms with Gasteiger partial charge in [0.25, 0.3) is 0 Å². The molecule has 0 saturated carbocycles. The molecule has 0 spiro atoms. The number of carbonyl (C=O) groups excluding carboxylic acids is 1. The largest absolute Gasteiger partial charge is 0.338 e. The molecule has 1 aromatic heterocycles. The number of amides is 2. The average Bonchev–Trinajstić information content (AvgIpc) is 3.04. The summed E-state index contributed by atoms with van der Waals surface area (Å²) in [4.78, 5) is 18.8. The van der Waals surface area contributed by atoms with Crippen LogP contribution in [-0.4, -0.2) is 34.2 Å². The lowest BCUT2D eigenvalue weighted by molar-refractivity contribution is 0.132. The molecule has 22 heavy (non-hydrogen) atoms. The van der Waals surface area contributed by atoms with E-state index in [1.54, 1.807) is 0 Å². The van der Waals surface area contributed by atoms with E-state index in [0.717, 1.165) is 57.4 Å². The average molecular weight is 308 g/mol. The molecule has 0 unspecified atom stereocenters. The van der Waals surface area contributed by atoms with Crippen molar-refractivity contribution in [2.24, 2.45) is 0 Å². The van der Waals surface area contributed by atoms with E-state index in [9.17, 15) is 4.79 Å². The van der Waals surface area contributed by atoms with Crippen LogP contribution in [0.1, 0.15) is 83.0 Å². The zero-order valence-corrected chi connectivity index (χ0v) is 14.0. The number of hydrogen-bond acceptors (Lipinski definition) is 4. The minimum absolute atomic E-state index is 0.0126. The molecule has 2 heterocycles. The molecule has 2 rings (SSSR count). The number of hydrogen-bond donors (Lipinski definition) is 1. The van der Waals surface area contributed by atoms with E-state index in [4.69, 9.17) is 4.52 Å². The summed E-state index contributed by atoms with van der Waals surface area (Å²) in [5.41, 5.74) is 0. The van der Waals surface area contributed by atoms with Crippen LogP contribution in [-0.2, 0) is 0 Å². The number of rotatable bonds is 6. The highest BCUT2D eigenvalue weighted by molar-refractivity contribution is 5.74. The van der Waals surface area contributed by atoms with Gasteiger partial charge in [-0.25, -0.2) is 4.79 Å². The molecule has 124 valence electrons. The Morgan fingerprint density at radius 2 is 2.27 bits per heavy atom. The summed E-state index contributed by atoms with van der Waals surface area (Å²) in [5, 5.41) is 7.08. The van der Waals surface area contributed by atoms with Gasteiger partial charge in [-0.3, -0.25) is 0 Å². The molecule has 1 fully saturated rings. The molecule has 0 aliphatic carbocycles. The van der Waals surface area contributed by atoms with Crippen molar-refractivity contribution in [3.63, 3.8) is 0 Å². The number of urea groups is 1. The van der Waals surface area contributed by atoms with Gasteiger partial charge in [0.05, 0.1) is 0 Å². The molecule has 6 nitrogen and oxygen atoms in total. The van der Waals surface area contributed by atoms with Crippen LogP contribution in [0.3, 0.4) is 0 Å². The maximum atomic E-state index is 12.4. The lowest BCUT2D eigenvalue weighted by Crippen LogP contribution is -2.45. The van der Waals surface area contributed by atoms with Gasteiger partial charge in [0.2, 0.25) is 5.89 Å². The highest BCUT2D eigenvalue weighted by Crippen LogP contribution is 2.30. The number of likely N-dealkylation sites (tertiary alicyclic amines) is 1. The number of nitrogens with one attached hydrogen (secondary N) is 1. The van der Waals surface area contributed by atoms with Crippen molar-refractivity contribution < 1.29 is 9.32 Å². The van der Waals surface area contributed by atoms with Crippen LogP contribution < -0.4 is 5.32 Å². The topological polar surface area (TPSA) is 71.3 Å². The highest BCUT2D eigenvalue weighted by Gasteiger charge is 2.32. The summed E-state index contributed by atoms with van der Waals surface area (Å²) in [6.07, 6.45) is 6.07. The van der Waals surface area contributed by atoms with E-state index in [2.05, 4.69) is 36.2 Å². The normalized spacial score (nSPS) is 20.0. The SMILES string of the molecule is CCCCNC(=O)N1CCCC[C@H]1c1nc([C@H](C)CC)no1. The van der Waals surface area contributed by atoms with E-state index < -0.39 is 0 Å². The minimum atomic E-state index is -0.0827. The van der Waals surface area contributed by atoms with Gasteiger partial charge in [-0.1, -0.05) is 32.3 Å². The minimum Gasteiger partial charge on any atom is -0.338 e. The third-order valence-corrected chi connectivity index (χ3v) is 4.37. The van der Waals surface area contributed by atoms with Crippen molar-refractivity contribution in [1.82, 2.24) is 20.4 Å². The second-order valence-corrected chi connectivity index (χ2v) is 6.09. The van der Waals surface area contributed by atoms with Gasteiger partial charge in [0.15, 0.2) is 5.82 Å². The van der Waals surface area contributed by atoms with Gasteiger partial charge in [0, 0.05) is 19.0 Å². The zero-order valence-electron chi connectivity index (χ0n) is 14.0. The first-order valence-corrected chi connectivity index (χ1v) is 8.55. The Kier molecular flexibility index (Phi) is 6.21. The zero-order chi connectivity index (χ0) is 15.9. The molecule has 6 heteroatoms. The highest BCUT2D eigenvalue weighted by atomic mass is 16.5. The van der Waals surface area contributed by atoms with Crippen LogP contribution >= 0.6 is 0 Å². The summed E-state index contributed by atoms with van der Waals surface area (Å²) in [6.45, 7) is 7.79. The Bertz CT molecular complexity index is 474. The number of piperidine rings is 1. The van der Waals surface area contributed by atoms with Crippen LogP contribution in [0.4, 0.5) is 4.79 Å².